The maximum Gasteiger partial charge on any atom is 0.305 e. The van der Waals surface area contributed by atoms with E-state index in [1.807, 2.05) is 6.92 Å². The molecule has 23 heavy (non-hydrogen) atoms. The lowest BCUT2D eigenvalue weighted by atomic mass is 10.2. The van der Waals surface area contributed by atoms with Crippen molar-refractivity contribution in [3.05, 3.63) is 10.6 Å². The Bertz CT molecular complexity index is 411. The molecule has 0 heterocycles. The van der Waals surface area contributed by atoms with Crippen LogP contribution in [0.2, 0.25) is 0 Å². The fourth-order valence-electron chi connectivity index (χ4n) is 1.46. The normalized spacial score (nSPS) is 11.9. The van der Waals surface area contributed by atoms with Gasteiger partial charge in [-0.25, -0.2) is 0 Å². The predicted molar refractivity (Wildman–Crippen MR) is 96.9 cm³/mol. The first-order chi connectivity index (χ1) is 10.9. The van der Waals surface area contributed by atoms with Gasteiger partial charge in [-0.05, 0) is 19.3 Å². The third kappa shape index (κ3) is 11.3. The van der Waals surface area contributed by atoms with Gasteiger partial charge >= 0.3 is 5.97 Å². The number of nitrogens with zero attached hydrogens (tertiary/aromatic N) is 1. The third-order valence-electron chi connectivity index (χ3n) is 2.95. The van der Waals surface area contributed by atoms with E-state index in [0.29, 0.717) is 25.2 Å². The highest BCUT2D eigenvalue weighted by Gasteiger charge is 2.11. The van der Waals surface area contributed by atoms with Gasteiger partial charge in [0.05, 0.1) is 6.61 Å². The van der Waals surface area contributed by atoms with Crippen LogP contribution in [0.15, 0.2) is 10.6 Å². The molecule has 0 aliphatic carbocycles. The van der Waals surface area contributed by atoms with Gasteiger partial charge in [0.1, 0.15) is 6.29 Å². The van der Waals surface area contributed by atoms with Crippen LogP contribution in [0.1, 0.15) is 46.5 Å². The molecule has 7 heteroatoms. The van der Waals surface area contributed by atoms with Crippen LogP contribution in [0, 0.1) is 5.92 Å². The second kappa shape index (κ2) is 13.5. The topological polar surface area (TPSA) is 63.7 Å². The summed E-state index contributed by atoms with van der Waals surface area (Å²) in [7, 11) is 5.08. The first-order valence-corrected chi connectivity index (χ1v) is 10.0. The maximum absolute atomic E-state index is 11.5. The molecule has 0 fully saturated rings. The summed E-state index contributed by atoms with van der Waals surface area (Å²) in [6.07, 6.45) is 3.32. The van der Waals surface area contributed by atoms with Gasteiger partial charge < -0.3 is 14.4 Å². The molecule has 0 aromatic rings. The molecule has 0 saturated carbocycles. The lowest BCUT2D eigenvalue weighted by molar-refractivity contribution is -0.143. The molecule has 0 aromatic heterocycles. The molecule has 132 valence electrons. The highest BCUT2D eigenvalue weighted by Crippen LogP contribution is 2.36. The van der Waals surface area contributed by atoms with Crippen LogP contribution in [0.3, 0.4) is 0 Å². The van der Waals surface area contributed by atoms with Crippen LogP contribution in [-0.4, -0.2) is 43.0 Å². The number of carbonyl (C=O) groups excluding carboxylic acids is 3. The van der Waals surface area contributed by atoms with Gasteiger partial charge in [0, 0.05) is 42.7 Å². The Balaban J connectivity index is 4.44. The summed E-state index contributed by atoms with van der Waals surface area (Å²) in [5, 5.41) is 0. The van der Waals surface area contributed by atoms with E-state index in [9.17, 15) is 14.4 Å². The number of unbranched alkanes of at least 4 members (excludes halogenated alkanes) is 1. The zero-order valence-corrected chi connectivity index (χ0v) is 16.0. The van der Waals surface area contributed by atoms with Crippen LogP contribution in [0.4, 0.5) is 0 Å². The summed E-state index contributed by atoms with van der Waals surface area (Å²) in [6, 6.07) is 0. The standard InChI is InChI=1S/C16H27NO4S2/c1-13(2)11-22-23-15(14(3)17(4)12-19)8-10-21-16(20)7-5-6-9-18/h9,12-13H,5-8,10-11H2,1-4H3/b15-14-. The molecular formula is C16H27NO4S2. The van der Waals surface area contributed by atoms with Crippen LogP contribution in [0.5, 0.6) is 0 Å². The molecule has 0 aliphatic heterocycles. The molecule has 0 radical (unpaired) electrons. The summed E-state index contributed by atoms with van der Waals surface area (Å²) >= 11 is 0. The van der Waals surface area contributed by atoms with E-state index in [1.54, 1.807) is 28.6 Å². The van der Waals surface area contributed by atoms with Gasteiger partial charge in [-0.1, -0.05) is 35.4 Å². The molecule has 1 amide bonds. The molecule has 0 rings (SSSR count). The van der Waals surface area contributed by atoms with E-state index in [4.69, 9.17) is 4.74 Å². The van der Waals surface area contributed by atoms with Crippen molar-refractivity contribution < 1.29 is 19.1 Å². The van der Waals surface area contributed by atoms with Gasteiger partial charge in [-0.15, -0.1) is 0 Å². The molecule has 0 saturated heterocycles. The summed E-state index contributed by atoms with van der Waals surface area (Å²) in [5.41, 5.74) is 0.873. The number of carbonyl (C=O) groups is 3. The van der Waals surface area contributed by atoms with Crippen molar-refractivity contribution >= 4 is 40.3 Å². The van der Waals surface area contributed by atoms with Crippen molar-refractivity contribution in [1.29, 1.82) is 0 Å². The first kappa shape index (κ1) is 22.1. The lowest BCUT2D eigenvalue weighted by Gasteiger charge is -2.17. The second-order valence-electron chi connectivity index (χ2n) is 5.52. The lowest BCUT2D eigenvalue weighted by Crippen LogP contribution is -2.15. The van der Waals surface area contributed by atoms with Gasteiger partial charge in [-0.3, -0.25) is 9.59 Å². The Morgan fingerprint density at radius 3 is 2.52 bits per heavy atom. The number of hydrogen-bond acceptors (Lipinski definition) is 6. The minimum atomic E-state index is -0.285. The fraction of sp³-hybridized carbons (Fsp3) is 0.688. The quantitative estimate of drug-likeness (QED) is 0.216. The first-order valence-electron chi connectivity index (χ1n) is 7.69. The zero-order valence-electron chi connectivity index (χ0n) is 14.4. The van der Waals surface area contributed by atoms with E-state index in [2.05, 4.69) is 13.8 Å². The van der Waals surface area contributed by atoms with Crippen molar-refractivity contribution in [2.45, 2.75) is 46.5 Å². The second-order valence-corrected chi connectivity index (χ2v) is 7.95. The molecule has 0 aliphatic rings. The molecule has 5 nitrogen and oxygen atoms in total. The van der Waals surface area contributed by atoms with Gasteiger partial charge in [0.25, 0.3) is 0 Å². The number of amides is 1. The smallest absolute Gasteiger partial charge is 0.305 e. The van der Waals surface area contributed by atoms with E-state index in [0.717, 1.165) is 29.1 Å². The summed E-state index contributed by atoms with van der Waals surface area (Å²) < 4.78 is 5.19. The predicted octanol–water partition coefficient (Wildman–Crippen LogP) is 3.65. The molecule has 0 bridgehead atoms. The van der Waals surface area contributed by atoms with Crippen molar-refractivity contribution in [2.75, 3.05) is 19.4 Å². The maximum atomic E-state index is 11.5. The molecule has 0 spiro atoms. The third-order valence-corrected chi connectivity index (χ3v) is 5.93. The average Bonchev–Trinajstić information content (AvgIpc) is 2.51. The van der Waals surface area contributed by atoms with Gasteiger partial charge in [0.15, 0.2) is 0 Å². The van der Waals surface area contributed by atoms with Crippen molar-refractivity contribution in [1.82, 2.24) is 4.90 Å². The minimum absolute atomic E-state index is 0.264. The molecular weight excluding hydrogens is 334 g/mol. The van der Waals surface area contributed by atoms with E-state index in [-0.39, 0.29) is 19.0 Å². The molecule has 0 unspecified atom stereocenters. The van der Waals surface area contributed by atoms with E-state index >= 15 is 0 Å². The van der Waals surface area contributed by atoms with Crippen molar-refractivity contribution in [3.63, 3.8) is 0 Å². The average molecular weight is 362 g/mol. The van der Waals surface area contributed by atoms with Crippen molar-refractivity contribution in [3.8, 4) is 0 Å². The van der Waals surface area contributed by atoms with Gasteiger partial charge in [0.2, 0.25) is 6.41 Å². The number of rotatable bonds is 13. The Hall–Kier alpha value is -0.950. The molecule has 0 atom stereocenters. The fourth-order valence-corrected chi connectivity index (χ4v) is 4.43. The molecule has 0 aromatic carbocycles. The summed E-state index contributed by atoms with van der Waals surface area (Å²) in [4.78, 5) is 35.2. The van der Waals surface area contributed by atoms with E-state index in [1.165, 1.54) is 4.90 Å². The zero-order chi connectivity index (χ0) is 17.7. The Labute approximate surface area is 147 Å². The van der Waals surface area contributed by atoms with Gasteiger partial charge in [-0.2, -0.15) is 0 Å². The number of allylic oxidation sites excluding steroid dienone is 1. The van der Waals surface area contributed by atoms with Crippen LogP contribution < -0.4 is 0 Å². The Morgan fingerprint density at radius 1 is 1.26 bits per heavy atom. The van der Waals surface area contributed by atoms with Crippen LogP contribution >= 0.6 is 21.6 Å². The number of ether oxygens (including phenoxy) is 1. The Kier molecular flexibility index (Phi) is 12.9. The largest absolute Gasteiger partial charge is 0.465 e. The minimum Gasteiger partial charge on any atom is -0.465 e. The number of hydrogen-bond donors (Lipinski definition) is 0. The van der Waals surface area contributed by atoms with Crippen molar-refractivity contribution in [2.24, 2.45) is 5.92 Å². The Morgan fingerprint density at radius 2 is 1.96 bits per heavy atom. The molecule has 0 N–H and O–H groups in total. The summed E-state index contributed by atoms with van der Waals surface area (Å²) in [6.45, 7) is 6.48. The highest BCUT2D eigenvalue weighted by atomic mass is 33.1. The number of esters is 1. The van der Waals surface area contributed by atoms with Crippen LogP contribution in [-0.2, 0) is 19.1 Å². The van der Waals surface area contributed by atoms with Crippen LogP contribution in [0.25, 0.3) is 0 Å². The monoisotopic (exact) mass is 361 g/mol. The number of aldehydes is 1. The highest BCUT2D eigenvalue weighted by molar-refractivity contribution is 8.78. The summed E-state index contributed by atoms with van der Waals surface area (Å²) in [5.74, 6) is 1.32. The SMILES string of the molecule is C/C(=C(\CCOC(=O)CCCC=O)SSCC(C)C)N(C)C=O. The van der Waals surface area contributed by atoms with E-state index < -0.39 is 0 Å².